The molecule has 1 heterocycles. The molecule has 3 aromatic carbocycles. The van der Waals surface area contributed by atoms with E-state index in [0.29, 0.717) is 17.1 Å². The quantitative estimate of drug-likeness (QED) is 0.361. The van der Waals surface area contributed by atoms with Crippen molar-refractivity contribution < 1.29 is 13.2 Å². The number of halogens is 5. The van der Waals surface area contributed by atoms with E-state index in [9.17, 15) is 13.2 Å². The van der Waals surface area contributed by atoms with Crippen molar-refractivity contribution in [3.05, 3.63) is 99.5 Å². The van der Waals surface area contributed by atoms with Gasteiger partial charge in [0.25, 0.3) is 0 Å². The molecule has 0 amide bonds. The van der Waals surface area contributed by atoms with Gasteiger partial charge in [-0.3, -0.25) is 4.90 Å². The molecule has 0 radical (unpaired) electrons. The third-order valence-electron chi connectivity index (χ3n) is 5.76. The van der Waals surface area contributed by atoms with E-state index in [0.717, 1.165) is 59.3 Å². The molecule has 0 spiro atoms. The van der Waals surface area contributed by atoms with Crippen molar-refractivity contribution in [1.29, 1.82) is 0 Å². The van der Waals surface area contributed by atoms with E-state index in [4.69, 9.17) is 23.2 Å². The van der Waals surface area contributed by atoms with Gasteiger partial charge in [-0.15, -0.1) is 0 Å². The molecule has 166 valence electrons. The highest BCUT2D eigenvalue weighted by Gasteiger charge is 2.30. The van der Waals surface area contributed by atoms with Gasteiger partial charge in [0.05, 0.1) is 5.56 Å². The van der Waals surface area contributed by atoms with E-state index in [1.54, 1.807) is 6.07 Å². The summed E-state index contributed by atoms with van der Waals surface area (Å²) in [6, 6.07) is 19.3. The lowest BCUT2D eigenvalue weighted by atomic mass is 9.97. The third-order valence-corrected chi connectivity index (χ3v) is 6.35. The number of hydrogen-bond donors (Lipinski definition) is 0. The topological polar surface area (TPSA) is 3.24 Å². The normalized spacial score (nSPS) is 15.0. The molecule has 1 aliphatic rings. The van der Waals surface area contributed by atoms with E-state index in [1.807, 2.05) is 42.5 Å². The number of rotatable bonds is 5. The van der Waals surface area contributed by atoms with Crippen molar-refractivity contribution in [3.8, 4) is 11.1 Å². The van der Waals surface area contributed by atoms with Crippen LogP contribution in [0.1, 0.15) is 23.1 Å². The Kier molecular flexibility index (Phi) is 6.94. The fourth-order valence-corrected chi connectivity index (χ4v) is 4.41. The second-order valence-corrected chi connectivity index (χ2v) is 8.77. The average molecular weight is 476 g/mol. The summed E-state index contributed by atoms with van der Waals surface area (Å²) in [4.78, 5) is 2.29. The molecular weight excluding hydrogens is 454 g/mol. The Balaban J connectivity index is 1.37. The summed E-state index contributed by atoms with van der Waals surface area (Å²) >= 11 is 12.6. The Hall–Kier alpha value is -2.27. The van der Waals surface area contributed by atoms with Crippen LogP contribution in [0.4, 0.5) is 13.2 Å². The summed E-state index contributed by atoms with van der Waals surface area (Å²) in [6.07, 6.45) is -0.758. The average Bonchev–Trinajstić information content (AvgIpc) is 2.78. The van der Waals surface area contributed by atoms with E-state index in [-0.39, 0.29) is 0 Å². The van der Waals surface area contributed by atoms with Crippen molar-refractivity contribution in [2.45, 2.75) is 19.0 Å². The summed E-state index contributed by atoms with van der Waals surface area (Å²) in [5.74, 6) is 0. The van der Waals surface area contributed by atoms with E-state index >= 15 is 0 Å². The molecule has 0 bridgehead atoms. The van der Waals surface area contributed by atoms with E-state index < -0.39 is 11.7 Å². The van der Waals surface area contributed by atoms with Gasteiger partial charge in [0.15, 0.2) is 0 Å². The molecular formula is C26H22Cl2F3N. The molecule has 0 N–H and O–H groups in total. The SMILES string of the molecule is FC(F)(F)c1cccc(C2=CCN(CCc3ccc(-c4cccc(Cl)c4)cc3Cl)CC2)c1. The van der Waals surface area contributed by atoms with Gasteiger partial charge in [-0.05, 0) is 71.0 Å². The van der Waals surface area contributed by atoms with Crippen LogP contribution in [-0.2, 0) is 12.6 Å². The minimum absolute atomic E-state index is 0.603. The molecule has 0 saturated carbocycles. The largest absolute Gasteiger partial charge is 0.416 e. The molecule has 1 nitrogen and oxygen atoms in total. The van der Waals surface area contributed by atoms with E-state index in [2.05, 4.69) is 11.0 Å². The highest BCUT2D eigenvalue weighted by atomic mass is 35.5. The number of nitrogens with zero attached hydrogens (tertiary/aromatic N) is 1. The zero-order valence-electron chi connectivity index (χ0n) is 17.3. The molecule has 3 aromatic rings. The first-order valence-electron chi connectivity index (χ1n) is 10.4. The lowest BCUT2D eigenvalue weighted by Gasteiger charge is -2.27. The number of benzene rings is 3. The summed E-state index contributed by atoms with van der Waals surface area (Å²) in [7, 11) is 0. The molecule has 0 atom stereocenters. The van der Waals surface area contributed by atoms with Crippen molar-refractivity contribution >= 4 is 28.8 Å². The summed E-state index contributed by atoms with van der Waals surface area (Å²) in [5.41, 5.74) is 4.14. The maximum atomic E-state index is 13.0. The third kappa shape index (κ3) is 5.55. The van der Waals surface area contributed by atoms with Gasteiger partial charge in [-0.1, -0.05) is 65.7 Å². The summed E-state index contributed by atoms with van der Waals surface area (Å²) in [6.45, 7) is 2.35. The summed E-state index contributed by atoms with van der Waals surface area (Å²) < 4.78 is 39.0. The molecule has 4 rings (SSSR count). The first kappa shape index (κ1) is 22.9. The molecule has 0 unspecified atom stereocenters. The maximum Gasteiger partial charge on any atom is 0.416 e. The van der Waals surface area contributed by atoms with Gasteiger partial charge in [-0.2, -0.15) is 13.2 Å². The predicted molar refractivity (Wildman–Crippen MR) is 126 cm³/mol. The number of hydrogen-bond acceptors (Lipinski definition) is 1. The van der Waals surface area contributed by atoms with Crippen LogP contribution in [0.5, 0.6) is 0 Å². The van der Waals surface area contributed by atoms with Gasteiger partial charge in [0.2, 0.25) is 0 Å². The predicted octanol–water partition coefficient (Wildman–Crippen LogP) is 8.01. The maximum absolute atomic E-state index is 13.0. The standard InChI is InChI=1S/C26H22Cl2F3N/c27-24-6-2-4-21(16-24)22-8-7-19(25(28)17-22)11-14-32-12-9-18(10-13-32)20-3-1-5-23(15-20)26(29,30)31/h1-9,15-17H,10-14H2. The zero-order chi connectivity index (χ0) is 22.7. The summed E-state index contributed by atoms with van der Waals surface area (Å²) in [5, 5.41) is 1.41. The van der Waals surface area contributed by atoms with Gasteiger partial charge < -0.3 is 0 Å². The Morgan fingerprint density at radius 1 is 0.844 bits per heavy atom. The lowest BCUT2D eigenvalue weighted by molar-refractivity contribution is -0.137. The van der Waals surface area contributed by atoms with Crippen molar-refractivity contribution in [3.63, 3.8) is 0 Å². The van der Waals surface area contributed by atoms with Crippen LogP contribution < -0.4 is 0 Å². The fraction of sp³-hybridized carbons (Fsp3) is 0.231. The zero-order valence-corrected chi connectivity index (χ0v) is 18.8. The Bertz CT molecular complexity index is 1140. The monoisotopic (exact) mass is 475 g/mol. The lowest BCUT2D eigenvalue weighted by Crippen LogP contribution is -2.30. The van der Waals surface area contributed by atoms with Crippen molar-refractivity contribution in [2.24, 2.45) is 0 Å². The van der Waals surface area contributed by atoms with Gasteiger partial charge in [0.1, 0.15) is 0 Å². The minimum Gasteiger partial charge on any atom is -0.299 e. The molecule has 1 aliphatic heterocycles. The van der Waals surface area contributed by atoms with Crippen LogP contribution in [0, 0.1) is 0 Å². The molecule has 0 fully saturated rings. The van der Waals surface area contributed by atoms with Crippen LogP contribution in [-0.4, -0.2) is 24.5 Å². The van der Waals surface area contributed by atoms with E-state index in [1.165, 1.54) is 12.1 Å². The van der Waals surface area contributed by atoms with Gasteiger partial charge >= 0.3 is 6.18 Å². The first-order valence-corrected chi connectivity index (χ1v) is 11.2. The second-order valence-electron chi connectivity index (χ2n) is 7.93. The minimum atomic E-state index is -4.32. The van der Waals surface area contributed by atoms with Crippen LogP contribution in [0.15, 0.2) is 72.8 Å². The van der Waals surface area contributed by atoms with Gasteiger partial charge in [0, 0.05) is 29.7 Å². The molecule has 32 heavy (non-hydrogen) atoms. The number of alkyl halides is 3. The highest BCUT2D eigenvalue weighted by molar-refractivity contribution is 6.32. The van der Waals surface area contributed by atoms with Gasteiger partial charge in [-0.25, -0.2) is 0 Å². The molecule has 0 saturated heterocycles. The Labute approximate surface area is 196 Å². The molecule has 0 aromatic heterocycles. The van der Waals surface area contributed by atoms with Crippen LogP contribution in [0.2, 0.25) is 10.0 Å². The Morgan fingerprint density at radius 3 is 2.28 bits per heavy atom. The van der Waals surface area contributed by atoms with Crippen LogP contribution in [0.25, 0.3) is 16.7 Å². The smallest absolute Gasteiger partial charge is 0.299 e. The molecule has 0 aliphatic carbocycles. The van der Waals surface area contributed by atoms with Crippen LogP contribution >= 0.6 is 23.2 Å². The Morgan fingerprint density at radius 2 is 1.59 bits per heavy atom. The van der Waals surface area contributed by atoms with Crippen LogP contribution in [0.3, 0.4) is 0 Å². The fourth-order valence-electron chi connectivity index (χ4n) is 3.95. The second kappa shape index (κ2) is 9.70. The van der Waals surface area contributed by atoms with Crippen molar-refractivity contribution in [2.75, 3.05) is 19.6 Å². The first-order chi connectivity index (χ1) is 15.3. The highest BCUT2D eigenvalue weighted by Crippen LogP contribution is 2.32. The van der Waals surface area contributed by atoms with Crippen molar-refractivity contribution in [1.82, 2.24) is 4.90 Å². The molecule has 6 heteroatoms.